The van der Waals surface area contributed by atoms with Gasteiger partial charge in [0.25, 0.3) is 0 Å². The maximum absolute atomic E-state index is 3.90. The maximum atomic E-state index is 3.90. The van der Waals surface area contributed by atoms with Crippen LogP contribution in [0.25, 0.3) is 0 Å². The Labute approximate surface area is 116 Å². The van der Waals surface area contributed by atoms with Gasteiger partial charge in [0.15, 0.2) is 0 Å². The molecule has 0 aromatic carbocycles. The predicted molar refractivity (Wildman–Crippen MR) is 38.3 cm³/mol. The summed E-state index contributed by atoms with van der Waals surface area (Å²) in [5.41, 5.74) is 0. The van der Waals surface area contributed by atoms with Gasteiger partial charge in [0.2, 0.25) is 0 Å². The van der Waals surface area contributed by atoms with Gasteiger partial charge in [0.1, 0.15) is 0 Å². The van der Waals surface area contributed by atoms with Crippen molar-refractivity contribution in [2.45, 2.75) is 33.1 Å². The van der Waals surface area contributed by atoms with Crippen molar-refractivity contribution in [3.8, 4) is 0 Å². The van der Waals surface area contributed by atoms with Gasteiger partial charge in [-0.05, 0) is 0 Å². The number of unbranched alkanes of at least 4 members (excludes halogenated alkanes) is 2. The van der Waals surface area contributed by atoms with E-state index in [0.29, 0.717) is 5.92 Å². The fraction of sp³-hybridized carbons (Fsp3) is 0.750. The molecule has 1 atom stereocenters. The molecule has 0 saturated heterocycles. The van der Waals surface area contributed by atoms with Gasteiger partial charge in [-0.1, -0.05) is 19.8 Å². The van der Waals surface area contributed by atoms with Crippen molar-refractivity contribution in [3.63, 3.8) is 0 Å². The van der Waals surface area contributed by atoms with E-state index in [2.05, 4.69) is 27.2 Å². The minimum absolute atomic E-state index is 0. The second-order valence-electron chi connectivity index (χ2n) is 2.44. The molecule has 10 heavy (non-hydrogen) atoms. The minimum Gasteiger partial charge on any atom is -0.341 e. The van der Waals surface area contributed by atoms with E-state index < -0.39 is 0 Å². The standard InChI is InChI=1S/C8H16.2Y/c1-4-5-6-7-8(2)3;;/h4,8H,2,5-7H2,1,3H3;;/q-2;;/t8-;;/m1../s1. The number of hydrogen-bond donors (Lipinski definition) is 0. The van der Waals surface area contributed by atoms with Crippen LogP contribution in [0.15, 0.2) is 0 Å². The molecule has 0 amide bonds. The molecule has 0 N–H and O–H groups in total. The van der Waals surface area contributed by atoms with Crippen molar-refractivity contribution in [2.24, 2.45) is 5.92 Å². The molecular weight excluding hydrogens is 274 g/mol. The molecule has 0 aliphatic rings. The van der Waals surface area contributed by atoms with Gasteiger partial charge < -0.3 is 13.3 Å². The van der Waals surface area contributed by atoms with Crippen LogP contribution in [-0.4, -0.2) is 0 Å². The van der Waals surface area contributed by atoms with Crippen LogP contribution in [0.4, 0.5) is 0 Å². The number of rotatable bonds is 4. The largest absolute Gasteiger partial charge is 0.341 e. The summed E-state index contributed by atoms with van der Waals surface area (Å²) in [6, 6.07) is 0. The van der Waals surface area contributed by atoms with Crippen molar-refractivity contribution < 1.29 is 65.4 Å². The summed E-state index contributed by atoms with van der Waals surface area (Å²) in [7, 11) is 0. The predicted octanol–water partition coefficient (Wildman–Crippen LogP) is 2.85. The van der Waals surface area contributed by atoms with E-state index in [4.69, 9.17) is 0 Å². The third-order valence-electron chi connectivity index (χ3n) is 1.19. The first-order chi connectivity index (χ1) is 3.77. The summed E-state index contributed by atoms with van der Waals surface area (Å²) in [6.07, 6.45) is 6.04. The Bertz CT molecular complexity index is 44.5. The molecule has 0 aliphatic heterocycles. The van der Waals surface area contributed by atoms with Crippen molar-refractivity contribution in [1.82, 2.24) is 0 Å². The quantitative estimate of drug-likeness (QED) is 0.551. The summed E-state index contributed by atoms with van der Waals surface area (Å²) in [6.45, 7) is 8.16. The van der Waals surface area contributed by atoms with Crippen molar-refractivity contribution in [3.05, 3.63) is 13.3 Å². The van der Waals surface area contributed by atoms with Crippen LogP contribution in [0.2, 0.25) is 0 Å². The smallest absolute Gasteiger partial charge is 0 e. The first-order valence-corrected chi connectivity index (χ1v) is 3.38. The molecule has 0 saturated carbocycles. The molecule has 2 heteroatoms. The second kappa shape index (κ2) is 13.8. The summed E-state index contributed by atoms with van der Waals surface area (Å²) < 4.78 is 0. The Hall–Kier alpha value is 2.21. The first kappa shape index (κ1) is 18.1. The third kappa shape index (κ3) is 16.7. The van der Waals surface area contributed by atoms with Crippen molar-refractivity contribution in [2.75, 3.05) is 0 Å². The SMILES string of the molecule is [CH2-][C@H](C)CCC[CH-]C.[Y].[Y]. The van der Waals surface area contributed by atoms with Crippen LogP contribution in [-0.2, 0) is 65.4 Å². The third-order valence-corrected chi connectivity index (χ3v) is 1.19. The molecule has 0 nitrogen and oxygen atoms in total. The van der Waals surface area contributed by atoms with Gasteiger partial charge in [-0.3, -0.25) is 0 Å². The van der Waals surface area contributed by atoms with Crippen molar-refractivity contribution in [1.29, 1.82) is 0 Å². The summed E-state index contributed by atoms with van der Waals surface area (Å²) in [5.74, 6) is 0.634. The molecule has 0 fully saturated rings. The van der Waals surface area contributed by atoms with Crippen LogP contribution >= 0.6 is 0 Å². The summed E-state index contributed by atoms with van der Waals surface area (Å²) >= 11 is 0. The molecule has 0 aromatic heterocycles. The molecule has 0 unspecified atom stereocenters. The zero-order valence-electron chi connectivity index (χ0n) is 7.14. The van der Waals surface area contributed by atoms with Crippen LogP contribution in [0.5, 0.6) is 0 Å². The van der Waals surface area contributed by atoms with Gasteiger partial charge in [-0.2, -0.15) is 19.3 Å². The summed E-state index contributed by atoms with van der Waals surface area (Å²) in [4.78, 5) is 0. The van der Waals surface area contributed by atoms with E-state index in [0.717, 1.165) is 0 Å². The van der Waals surface area contributed by atoms with Crippen LogP contribution in [0.1, 0.15) is 33.1 Å². The minimum atomic E-state index is 0. The second-order valence-corrected chi connectivity index (χ2v) is 2.44. The van der Waals surface area contributed by atoms with Gasteiger partial charge in [-0.25, -0.2) is 0 Å². The van der Waals surface area contributed by atoms with E-state index in [-0.39, 0.29) is 65.4 Å². The fourth-order valence-electron chi connectivity index (χ4n) is 0.670. The van der Waals surface area contributed by atoms with Gasteiger partial charge in [-0.15, -0.1) is 0 Å². The van der Waals surface area contributed by atoms with Gasteiger partial charge in [0.05, 0.1) is 0 Å². The molecule has 0 aliphatic carbocycles. The maximum Gasteiger partial charge on any atom is 0 e. The molecule has 2 radical (unpaired) electrons. The van der Waals surface area contributed by atoms with Crippen LogP contribution in [0.3, 0.4) is 0 Å². The average molecular weight is 290 g/mol. The molecule has 0 spiro atoms. The summed E-state index contributed by atoms with van der Waals surface area (Å²) in [5, 5.41) is 0. The molecular formula is C8H16Y2-2. The zero-order chi connectivity index (χ0) is 6.41. The Morgan fingerprint density at radius 1 is 1.40 bits per heavy atom. The van der Waals surface area contributed by atoms with E-state index in [1.54, 1.807) is 0 Å². The first-order valence-electron chi connectivity index (χ1n) is 3.38. The van der Waals surface area contributed by atoms with Crippen molar-refractivity contribution >= 4 is 0 Å². The molecule has 56 valence electrons. The van der Waals surface area contributed by atoms with E-state index >= 15 is 0 Å². The average Bonchev–Trinajstić information content (AvgIpc) is 1.66. The fourth-order valence-corrected chi connectivity index (χ4v) is 0.670. The van der Waals surface area contributed by atoms with Gasteiger partial charge >= 0.3 is 0 Å². The van der Waals surface area contributed by atoms with E-state index in [1.807, 2.05) is 0 Å². The Morgan fingerprint density at radius 3 is 2.20 bits per heavy atom. The molecule has 0 rings (SSSR count). The Morgan fingerprint density at radius 2 is 1.90 bits per heavy atom. The van der Waals surface area contributed by atoms with Crippen LogP contribution < -0.4 is 0 Å². The number of hydrogen-bond acceptors (Lipinski definition) is 0. The Balaban J connectivity index is -0.000000245. The molecule has 0 bridgehead atoms. The van der Waals surface area contributed by atoms with E-state index in [9.17, 15) is 0 Å². The zero-order valence-corrected chi connectivity index (χ0v) is 12.8. The Kier molecular flexibility index (Phi) is 24.9. The monoisotopic (exact) mass is 290 g/mol. The van der Waals surface area contributed by atoms with Gasteiger partial charge in [0, 0.05) is 65.4 Å². The van der Waals surface area contributed by atoms with Crippen LogP contribution in [0, 0.1) is 19.3 Å². The molecule has 0 aromatic rings. The normalized spacial score (nSPS) is 11.1. The molecule has 0 heterocycles. The topological polar surface area (TPSA) is 0 Å². The van der Waals surface area contributed by atoms with E-state index in [1.165, 1.54) is 19.3 Å².